The van der Waals surface area contributed by atoms with Crippen molar-refractivity contribution < 1.29 is 32.7 Å². The topological polar surface area (TPSA) is 86.7 Å². The molecule has 2 N–H and O–H groups in total. The zero-order valence-corrected chi connectivity index (χ0v) is 11.9. The molecule has 0 aromatic carbocycles. The zero-order chi connectivity index (χ0) is 16.6. The molecule has 0 saturated heterocycles. The third-order valence-electron chi connectivity index (χ3n) is 2.52. The highest BCUT2D eigenvalue weighted by molar-refractivity contribution is 5.94. The predicted molar refractivity (Wildman–Crippen MR) is 67.5 cm³/mol. The molecule has 3 amide bonds. The lowest BCUT2D eigenvalue weighted by atomic mass is 10.2. The highest BCUT2D eigenvalue weighted by Crippen LogP contribution is 2.18. The minimum Gasteiger partial charge on any atom is -0.481 e. The van der Waals surface area contributed by atoms with Gasteiger partial charge in [-0.15, -0.1) is 0 Å². The van der Waals surface area contributed by atoms with Gasteiger partial charge in [0.15, 0.2) is 0 Å². The van der Waals surface area contributed by atoms with E-state index in [0.717, 1.165) is 0 Å². The Morgan fingerprint density at radius 3 is 2.10 bits per heavy atom. The van der Waals surface area contributed by atoms with Crippen LogP contribution in [0.5, 0.6) is 0 Å². The summed E-state index contributed by atoms with van der Waals surface area (Å²) in [6.07, 6.45) is -4.27. The summed E-state index contributed by atoms with van der Waals surface area (Å²) in [6.45, 7) is 1.37. The van der Waals surface area contributed by atoms with Crippen LogP contribution in [0.2, 0.25) is 0 Å². The number of alkyl halides is 3. The van der Waals surface area contributed by atoms with E-state index >= 15 is 0 Å². The zero-order valence-electron chi connectivity index (χ0n) is 11.9. The summed E-state index contributed by atoms with van der Waals surface area (Å²) in [5.41, 5.74) is 0. The Morgan fingerprint density at radius 2 is 1.67 bits per heavy atom. The van der Waals surface area contributed by atoms with Crippen LogP contribution in [0.4, 0.5) is 18.0 Å². The molecule has 0 rings (SSSR count). The number of nitrogens with zero attached hydrogens (tertiary/aromatic N) is 1. The molecular formula is C12H19F3N2O4. The number of hydrogen-bond acceptors (Lipinski definition) is 3. The van der Waals surface area contributed by atoms with Crippen molar-refractivity contribution in [3.63, 3.8) is 0 Å². The molecule has 0 atom stereocenters. The summed E-state index contributed by atoms with van der Waals surface area (Å²) < 4.78 is 37.0. The maximum absolute atomic E-state index is 12.3. The predicted octanol–water partition coefficient (Wildman–Crippen LogP) is 2.14. The third kappa shape index (κ3) is 9.69. The second kappa shape index (κ2) is 8.48. The van der Waals surface area contributed by atoms with Crippen LogP contribution in [0.1, 0.15) is 39.5 Å². The van der Waals surface area contributed by atoms with Gasteiger partial charge in [0.2, 0.25) is 5.91 Å². The number of imide groups is 1. The van der Waals surface area contributed by atoms with Gasteiger partial charge >= 0.3 is 18.2 Å². The maximum atomic E-state index is 12.3. The number of hydrogen-bond donors (Lipinski definition) is 2. The molecule has 0 aromatic rings. The Hall–Kier alpha value is -1.80. The molecular weight excluding hydrogens is 293 g/mol. The molecule has 6 nitrogen and oxygen atoms in total. The molecule has 122 valence electrons. The van der Waals surface area contributed by atoms with Crippen LogP contribution < -0.4 is 5.32 Å². The van der Waals surface area contributed by atoms with Crippen LogP contribution in [0.15, 0.2) is 0 Å². The smallest absolute Gasteiger partial charge is 0.406 e. The fourth-order valence-electron chi connectivity index (χ4n) is 1.50. The summed E-state index contributed by atoms with van der Waals surface area (Å²) in [4.78, 5) is 33.8. The van der Waals surface area contributed by atoms with E-state index < -0.39 is 36.7 Å². The lowest BCUT2D eigenvalue weighted by Crippen LogP contribution is -2.49. The monoisotopic (exact) mass is 312 g/mol. The molecule has 0 bridgehead atoms. The summed E-state index contributed by atoms with van der Waals surface area (Å²) in [5.74, 6) is -1.72. The Bertz CT molecular complexity index is 383. The Kier molecular flexibility index (Phi) is 7.75. The number of carboxylic acid groups (broad SMARTS) is 1. The van der Waals surface area contributed by atoms with Gasteiger partial charge in [0, 0.05) is 18.9 Å². The minimum atomic E-state index is -4.55. The van der Waals surface area contributed by atoms with Crippen molar-refractivity contribution in [3.8, 4) is 0 Å². The lowest BCUT2D eigenvalue weighted by molar-refractivity contribution is -0.143. The highest BCUT2D eigenvalue weighted by Gasteiger charge is 2.34. The molecule has 0 saturated carbocycles. The van der Waals surface area contributed by atoms with Gasteiger partial charge in [0.1, 0.15) is 6.54 Å². The maximum Gasteiger partial charge on any atom is 0.406 e. The Balaban J connectivity index is 4.29. The van der Waals surface area contributed by atoms with E-state index in [-0.39, 0.29) is 25.7 Å². The number of carbonyl (C=O) groups excluding carboxylic acids is 2. The van der Waals surface area contributed by atoms with E-state index in [2.05, 4.69) is 0 Å². The standard InChI is InChI=1S/C12H19F3N2O4/c1-8(2)17(7-12(13,14)15)11(21)16-9(18)5-3-4-6-10(19)20/h8H,3-7H2,1-2H3,(H,19,20)(H,16,18,21). The van der Waals surface area contributed by atoms with Gasteiger partial charge in [-0.1, -0.05) is 0 Å². The molecule has 0 aliphatic carbocycles. The summed E-state index contributed by atoms with van der Waals surface area (Å²) >= 11 is 0. The Labute approximate surface area is 120 Å². The number of carbonyl (C=O) groups is 3. The van der Waals surface area contributed by atoms with E-state index in [1.807, 2.05) is 5.32 Å². The van der Waals surface area contributed by atoms with Crippen molar-refractivity contribution in [1.82, 2.24) is 10.2 Å². The van der Waals surface area contributed by atoms with Gasteiger partial charge < -0.3 is 10.0 Å². The van der Waals surface area contributed by atoms with Crippen LogP contribution in [-0.2, 0) is 9.59 Å². The van der Waals surface area contributed by atoms with Gasteiger partial charge in [-0.2, -0.15) is 13.2 Å². The molecule has 0 aliphatic rings. The number of carboxylic acids is 1. The van der Waals surface area contributed by atoms with Crippen molar-refractivity contribution in [3.05, 3.63) is 0 Å². The van der Waals surface area contributed by atoms with Crippen LogP contribution >= 0.6 is 0 Å². The van der Waals surface area contributed by atoms with Crippen LogP contribution in [-0.4, -0.2) is 46.7 Å². The molecule has 0 heterocycles. The number of rotatable bonds is 7. The highest BCUT2D eigenvalue weighted by atomic mass is 19.4. The average Bonchev–Trinajstić information content (AvgIpc) is 2.30. The first-order valence-corrected chi connectivity index (χ1v) is 6.42. The molecule has 9 heteroatoms. The normalized spacial score (nSPS) is 11.3. The van der Waals surface area contributed by atoms with E-state index in [9.17, 15) is 27.6 Å². The number of halogens is 3. The average molecular weight is 312 g/mol. The summed E-state index contributed by atoms with van der Waals surface area (Å²) in [6, 6.07) is -1.82. The minimum absolute atomic E-state index is 0.104. The SMILES string of the molecule is CC(C)N(CC(F)(F)F)C(=O)NC(=O)CCCCC(=O)O. The second-order valence-corrected chi connectivity index (χ2v) is 4.79. The van der Waals surface area contributed by atoms with Gasteiger partial charge in [0.25, 0.3) is 0 Å². The Morgan fingerprint density at radius 1 is 1.14 bits per heavy atom. The van der Waals surface area contributed by atoms with Crippen LogP contribution in [0, 0.1) is 0 Å². The van der Waals surface area contributed by atoms with Crippen molar-refractivity contribution >= 4 is 17.9 Å². The van der Waals surface area contributed by atoms with Crippen molar-refractivity contribution in [1.29, 1.82) is 0 Å². The number of unbranched alkanes of at least 4 members (excludes halogenated alkanes) is 1. The first-order valence-electron chi connectivity index (χ1n) is 6.42. The first kappa shape index (κ1) is 19.2. The molecule has 21 heavy (non-hydrogen) atoms. The largest absolute Gasteiger partial charge is 0.481 e. The molecule has 0 unspecified atom stereocenters. The van der Waals surface area contributed by atoms with E-state index in [1.54, 1.807) is 0 Å². The molecule has 0 radical (unpaired) electrons. The van der Waals surface area contributed by atoms with E-state index in [4.69, 9.17) is 5.11 Å². The van der Waals surface area contributed by atoms with Gasteiger partial charge in [0.05, 0.1) is 0 Å². The summed E-state index contributed by atoms with van der Waals surface area (Å²) in [5, 5.41) is 10.3. The molecule has 0 fully saturated rings. The number of nitrogens with one attached hydrogen (secondary N) is 1. The fraction of sp³-hybridized carbons (Fsp3) is 0.750. The molecule has 0 aliphatic heterocycles. The van der Waals surface area contributed by atoms with Crippen LogP contribution in [0.25, 0.3) is 0 Å². The van der Waals surface area contributed by atoms with Crippen molar-refractivity contribution in [2.75, 3.05) is 6.54 Å². The van der Waals surface area contributed by atoms with Gasteiger partial charge in [-0.3, -0.25) is 14.9 Å². The summed E-state index contributed by atoms with van der Waals surface area (Å²) in [7, 11) is 0. The first-order chi connectivity index (χ1) is 9.53. The van der Waals surface area contributed by atoms with E-state index in [0.29, 0.717) is 4.90 Å². The number of aliphatic carboxylic acids is 1. The fourth-order valence-corrected chi connectivity index (χ4v) is 1.50. The third-order valence-corrected chi connectivity index (χ3v) is 2.52. The second-order valence-electron chi connectivity index (χ2n) is 4.79. The van der Waals surface area contributed by atoms with Crippen LogP contribution in [0.3, 0.4) is 0 Å². The quantitative estimate of drug-likeness (QED) is 0.705. The molecule has 0 spiro atoms. The number of amides is 3. The van der Waals surface area contributed by atoms with Gasteiger partial charge in [-0.25, -0.2) is 4.79 Å². The van der Waals surface area contributed by atoms with Gasteiger partial charge in [-0.05, 0) is 26.7 Å². The molecule has 0 aromatic heterocycles. The van der Waals surface area contributed by atoms with E-state index in [1.165, 1.54) is 13.8 Å². The van der Waals surface area contributed by atoms with Crippen molar-refractivity contribution in [2.45, 2.75) is 51.7 Å². The lowest BCUT2D eigenvalue weighted by Gasteiger charge is -2.27. The van der Waals surface area contributed by atoms with Crippen molar-refractivity contribution in [2.24, 2.45) is 0 Å². The number of urea groups is 1.